The van der Waals surface area contributed by atoms with Crippen molar-refractivity contribution >= 4 is 22.6 Å². The van der Waals surface area contributed by atoms with E-state index in [2.05, 4.69) is 10.1 Å². The highest BCUT2D eigenvalue weighted by molar-refractivity contribution is 5.80. The maximum absolute atomic E-state index is 13.1. The molecule has 1 saturated carbocycles. The van der Waals surface area contributed by atoms with E-state index in [9.17, 15) is 9.59 Å². The second-order valence-corrected chi connectivity index (χ2v) is 6.97. The normalized spacial score (nSPS) is 17.7. The fraction of sp³-hybridized carbons (Fsp3) is 0.444. The topological polar surface area (TPSA) is 72.5 Å². The summed E-state index contributed by atoms with van der Waals surface area (Å²) in [5.41, 5.74) is 2.55. The third-order valence-electron chi connectivity index (χ3n) is 5.20. The quantitative estimate of drug-likeness (QED) is 0.727. The Kier molecular flexibility index (Phi) is 3.16. The minimum absolute atomic E-state index is 0.00367. The summed E-state index contributed by atoms with van der Waals surface area (Å²) >= 11 is 0. The number of nitrogens with zero attached hydrogens (tertiary/aromatic N) is 5. The van der Waals surface area contributed by atoms with Gasteiger partial charge in [0, 0.05) is 25.2 Å². The van der Waals surface area contributed by atoms with Crippen molar-refractivity contribution in [1.82, 2.24) is 24.1 Å². The van der Waals surface area contributed by atoms with Crippen LogP contribution in [-0.2, 0) is 11.3 Å². The van der Waals surface area contributed by atoms with Crippen LogP contribution >= 0.6 is 0 Å². The van der Waals surface area contributed by atoms with E-state index in [-0.39, 0.29) is 18.0 Å². The van der Waals surface area contributed by atoms with Crippen LogP contribution < -0.4 is 5.56 Å². The number of pyridine rings is 1. The molecule has 1 aliphatic heterocycles. The lowest BCUT2D eigenvalue weighted by Crippen LogP contribution is -2.35. The van der Waals surface area contributed by atoms with Crippen LogP contribution in [0.2, 0.25) is 0 Å². The van der Waals surface area contributed by atoms with Gasteiger partial charge in [0.1, 0.15) is 12.1 Å². The molecular formula is C18H19N5O2. The van der Waals surface area contributed by atoms with Gasteiger partial charge in [-0.1, -0.05) is 0 Å². The van der Waals surface area contributed by atoms with Crippen molar-refractivity contribution < 1.29 is 4.79 Å². The first kappa shape index (κ1) is 14.6. The molecule has 0 spiro atoms. The highest BCUT2D eigenvalue weighted by Crippen LogP contribution is 2.39. The van der Waals surface area contributed by atoms with Crippen LogP contribution in [0.25, 0.3) is 16.7 Å². The molecule has 3 aromatic rings. The Balaban J connectivity index is 1.69. The molecule has 2 aliphatic rings. The molecule has 0 aromatic carbocycles. The summed E-state index contributed by atoms with van der Waals surface area (Å²) < 4.78 is 3.19. The third kappa shape index (κ3) is 2.33. The van der Waals surface area contributed by atoms with Crippen LogP contribution in [0.5, 0.6) is 0 Å². The summed E-state index contributed by atoms with van der Waals surface area (Å²) in [5.74, 6) is 0.453. The van der Waals surface area contributed by atoms with Crippen molar-refractivity contribution in [2.45, 2.75) is 38.1 Å². The van der Waals surface area contributed by atoms with Gasteiger partial charge in [0.2, 0.25) is 5.91 Å². The van der Waals surface area contributed by atoms with Gasteiger partial charge in [-0.25, -0.2) is 9.50 Å². The number of hydrogen-bond acceptors (Lipinski definition) is 4. The number of likely N-dealkylation sites (tertiary alicyclic amines) is 1. The zero-order valence-electron chi connectivity index (χ0n) is 13.9. The largest absolute Gasteiger partial charge is 0.341 e. The molecule has 0 bridgehead atoms. The van der Waals surface area contributed by atoms with Crippen LogP contribution in [0.4, 0.5) is 0 Å². The lowest BCUT2D eigenvalue weighted by Gasteiger charge is -2.17. The number of carbonyl (C=O) groups is 1. The lowest BCUT2D eigenvalue weighted by atomic mass is 10.3. The minimum atomic E-state index is -0.174. The van der Waals surface area contributed by atoms with Gasteiger partial charge in [-0.15, -0.1) is 0 Å². The zero-order chi connectivity index (χ0) is 17.0. The van der Waals surface area contributed by atoms with Crippen LogP contribution in [-0.4, -0.2) is 43.1 Å². The Labute approximate surface area is 143 Å². The summed E-state index contributed by atoms with van der Waals surface area (Å²) in [6.45, 7) is 1.62. The van der Waals surface area contributed by atoms with E-state index < -0.39 is 0 Å². The Morgan fingerprint density at radius 1 is 1.20 bits per heavy atom. The van der Waals surface area contributed by atoms with Gasteiger partial charge >= 0.3 is 0 Å². The third-order valence-corrected chi connectivity index (χ3v) is 5.20. The molecule has 1 amide bonds. The Bertz CT molecular complexity index is 1040. The number of carbonyl (C=O) groups excluding carboxylic acids is 1. The average Bonchev–Trinajstić information content (AvgIpc) is 3.15. The predicted octanol–water partition coefficient (Wildman–Crippen LogP) is 1.54. The fourth-order valence-corrected chi connectivity index (χ4v) is 3.66. The highest BCUT2D eigenvalue weighted by atomic mass is 16.2. The summed E-state index contributed by atoms with van der Waals surface area (Å²) in [7, 11) is 0. The summed E-state index contributed by atoms with van der Waals surface area (Å²) in [6.07, 6.45) is 6.01. The molecule has 0 unspecified atom stereocenters. The number of aromatic nitrogens is 4. The van der Waals surface area contributed by atoms with Crippen molar-refractivity contribution in [3.05, 3.63) is 40.4 Å². The van der Waals surface area contributed by atoms with E-state index in [1.807, 2.05) is 17.0 Å². The molecule has 7 heteroatoms. The first-order valence-corrected chi connectivity index (χ1v) is 8.87. The molecule has 2 fully saturated rings. The molecule has 25 heavy (non-hydrogen) atoms. The van der Waals surface area contributed by atoms with E-state index >= 15 is 0 Å². The van der Waals surface area contributed by atoms with Gasteiger partial charge < -0.3 is 4.90 Å². The molecule has 7 nitrogen and oxygen atoms in total. The maximum Gasteiger partial charge on any atom is 0.277 e. The van der Waals surface area contributed by atoms with Crippen LogP contribution in [0.1, 0.15) is 37.3 Å². The fourth-order valence-electron chi connectivity index (χ4n) is 3.66. The van der Waals surface area contributed by atoms with Gasteiger partial charge in [0.05, 0.1) is 11.2 Å². The molecule has 1 saturated heterocycles. The van der Waals surface area contributed by atoms with Crippen LogP contribution in [0.3, 0.4) is 0 Å². The second-order valence-electron chi connectivity index (χ2n) is 6.97. The van der Waals surface area contributed by atoms with Gasteiger partial charge in [0.25, 0.3) is 5.56 Å². The highest BCUT2D eigenvalue weighted by Gasteiger charge is 2.28. The maximum atomic E-state index is 13.1. The molecule has 4 heterocycles. The summed E-state index contributed by atoms with van der Waals surface area (Å²) in [4.78, 5) is 31.9. The minimum Gasteiger partial charge on any atom is -0.341 e. The summed E-state index contributed by atoms with van der Waals surface area (Å²) in [5, 5.41) is 4.61. The average molecular weight is 337 g/mol. The molecule has 3 aromatic heterocycles. The van der Waals surface area contributed by atoms with Crippen molar-refractivity contribution in [3.63, 3.8) is 0 Å². The van der Waals surface area contributed by atoms with E-state index in [0.717, 1.165) is 44.5 Å². The lowest BCUT2D eigenvalue weighted by molar-refractivity contribution is -0.130. The molecular weight excluding hydrogens is 318 g/mol. The van der Waals surface area contributed by atoms with Crippen molar-refractivity contribution in [1.29, 1.82) is 0 Å². The van der Waals surface area contributed by atoms with Gasteiger partial charge in [-0.3, -0.25) is 14.2 Å². The van der Waals surface area contributed by atoms with Gasteiger partial charge in [-0.2, -0.15) is 5.10 Å². The molecule has 5 rings (SSSR count). The first-order valence-electron chi connectivity index (χ1n) is 8.87. The van der Waals surface area contributed by atoms with Crippen LogP contribution in [0, 0.1) is 0 Å². The van der Waals surface area contributed by atoms with E-state index in [4.69, 9.17) is 0 Å². The predicted molar refractivity (Wildman–Crippen MR) is 92.5 cm³/mol. The zero-order valence-corrected chi connectivity index (χ0v) is 13.9. The monoisotopic (exact) mass is 337 g/mol. The Morgan fingerprint density at radius 3 is 2.76 bits per heavy atom. The van der Waals surface area contributed by atoms with E-state index in [1.54, 1.807) is 21.3 Å². The molecule has 0 radical (unpaired) electrons. The van der Waals surface area contributed by atoms with E-state index in [1.165, 1.54) is 0 Å². The molecule has 0 atom stereocenters. The smallest absolute Gasteiger partial charge is 0.277 e. The first-order chi connectivity index (χ1) is 12.2. The number of hydrogen-bond donors (Lipinski definition) is 0. The SMILES string of the molecule is O=C(Cn1c(=O)c2cc(C3CC3)nn2c2ncccc21)N1CCCC1. The van der Waals surface area contributed by atoms with Gasteiger partial charge in [-0.05, 0) is 43.9 Å². The van der Waals surface area contributed by atoms with Crippen molar-refractivity contribution in [3.8, 4) is 0 Å². The van der Waals surface area contributed by atoms with Crippen molar-refractivity contribution in [2.24, 2.45) is 0 Å². The van der Waals surface area contributed by atoms with Crippen molar-refractivity contribution in [2.75, 3.05) is 13.1 Å². The van der Waals surface area contributed by atoms with Crippen LogP contribution in [0.15, 0.2) is 29.2 Å². The van der Waals surface area contributed by atoms with E-state index in [0.29, 0.717) is 22.6 Å². The molecule has 0 N–H and O–H groups in total. The molecule has 1 aliphatic carbocycles. The number of fused-ring (bicyclic) bond motifs is 3. The Morgan fingerprint density at radius 2 is 2.00 bits per heavy atom. The number of rotatable bonds is 3. The summed E-state index contributed by atoms with van der Waals surface area (Å²) in [6, 6.07) is 5.49. The number of amides is 1. The van der Waals surface area contributed by atoms with Gasteiger partial charge in [0.15, 0.2) is 5.65 Å². The Hall–Kier alpha value is -2.70. The second kappa shape index (κ2) is 5.40. The standard InChI is InChI=1S/C18H19N5O2/c24-16(21-8-1-2-9-21)11-22-14-4-3-7-19-17(14)23-15(18(22)25)10-13(20-23)12-5-6-12/h3-4,7,10,12H,1-2,5-6,8-9,11H2. The molecule has 128 valence electrons.